The third kappa shape index (κ3) is 4.35. The second kappa shape index (κ2) is 8.79. The first-order valence-corrected chi connectivity index (χ1v) is 10.7. The van der Waals surface area contributed by atoms with Gasteiger partial charge in [-0.05, 0) is 53.1 Å². The van der Waals surface area contributed by atoms with Gasteiger partial charge in [0.15, 0.2) is 0 Å². The third-order valence-electron chi connectivity index (χ3n) is 5.80. The fourth-order valence-corrected chi connectivity index (χ4v) is 4.30. The summed E-state index contributed by atoms with van der Waals surface area (Å²) in [5, 5.41) is 3.28. The maximum absolute atomic E-state index is 12.6. The van der Waals surface area contributed by atoms with Gasteiger partial charge in [-0.1, -0.05) is 80.1 Å². The number of nitrogens with zero attached hydrogens (tertiary/aromatic N) is 1. The van der Waals surface area contributed by atoms with E-state index in [4.69, 9.17) is 0 Å². The Morgan fingerprint density at radius 2 is 1.48 bits per heavy atom. The molecule has 1 aliphatic carbocycles. The van der Waals surface area contributed by atoms with Crippen molar-refractivity contribution in [1.29, 1.82) is 0 Å². The minimum absolute atomic E-state index is 0.220. The zero-order chi connectivity index (χ0) is 20.2. The maximum Gasteiger partial charge on any atom is 0.236 e. The van der Waals surface area contributed by atoms with Crippen molar-refractivity contribution in [3.63, 3.8) is 0 Å². The Labute approximate surface area is 174 Å². The van der Waals surface area contributed by atoms with Gasteiger partial charge in [-0.3, -0.25) is 4.79 Å². The highest BCUT2D eigenvalue weighted by Crippen LogP contribution is 2.38. The summed E-state index contributed by atoms with van der Waals surface area (Å²) in [5.41, 5.74) is 7.98. The molecule has 2 aliphatic rings. The number of likely N-dealkylation sites (tertiary alicyclic amines) is 1. The molecule has 29 heavy (non-hydrogen) atoms. The van der Waals surface area contributed by atoms with E-state index in [2.05, 4.69) is 79.8 Å². The molecule has 1 amide bonds. The summed E-state index contributed by atoms with van der Waals surface area (Å²) in [5.74, 6) is 0.780. The van der Waals surface area contributed by atoms with Gasteiger partial charge in [0, 0.05) is 13.1 Å². The molecule has 4 rings (SSSR count). The zero-order valence-electron chi connectivity index (χ0n) is 17.4. The summed E-state index contributed by atoms with van der Waals surface area (Å²) in [6.45, 7) is 7.26. The van der Waals surface area contributed by atoms with E-state index in [1.54, 1.807) is 0 Å². The van der Waals surface area contributed by atoms with Crippen molar-refractivity contribution >= 4 is 23.6 Å². The van der Waals surface area contributed by atoms with Gasteiger partial charge >= 0.3 is 0 Å². The van der Waals surface area contributed by atoms with Crippen LogP contribution in [0.4, 0.5) is 0 Å². The van der Waals surface area contributed by atoms with Crippen molar-refractivity contribution < 1.29 is 4.79 Å². The lowest BCUT2D eigenvalue weighted by Gasteiger charge is -2.31. The van der Waals surface area contributed by atoms with Gasteiger partial charge in [0.05, 0.1) is 6.54 Å². The normalized spacial score (nSPS) is 15.9. The Kier molecular flexibility index (Phi) is 5.96. The van der Waals surface area contributed by atoms with Gasteiger partial charge in [0.1, 0.15) is 0 Å². The first-order chi connectivity index (χ1) is 14.1. The lowest BCUT2D eigenvalue weighted by Crippen LogP contribution is -2.42. The maximum atomic E-state index is 12.6. The van der Waals surface area contributed by atoms with Crippen molar-refractivity contribution in [3.05, 3.63) is 76.4 Å². The molecule has 1 aliphatic heterocycles. The Bertz CT molecular complexity index is 893. The number of hydrogen-bond acceptors (Lipinski definition) is 2. The molecule has 0 bridgehead atoms. The summed E-state index contributed by atoms with van der Waals surface area (Å²) >= 11 is 0. The Morgan fingerprint density at radius 3 is 2.03 bits per heavy atom. The van der Waals surface area contributed by atoms with Crippen molar-refractivity contribution in [2.24, 2.45) is 5.92 Å². The summed E-state index contributed by atoms with van der Waals surface area (Å²) in [6.07, 6.45) is 6.32. The van der Waals surface area contributed by atoms with Crippen LogP contribution in [0.25, 0.3) is 17.7 Å². The molecule has 0 radical (unpaired) electrons. The minimum atomic E-state index is 0.220. The van der Waals surface area contributed by atoms with Gasteiger partial charge in [-0.2, -0.15) is 0 Å². The molecular weight excluding hydrogens is 356 g/mol. The molecule has 2 aromatic rings. The van der Waals surface area contributed by atoms with Crippen LogP contribution in [-0.2, 0) is 4.79 Å². The smallest absolute Gasteiger partial charge is 0.236 e. The molecule has 0 aromatic heterocycles. The zero-order valence-corrected chi connectivity index (χ0v) is 17.4. The van der Waals surface area contributed by atoms with Crippen molar-refractivity contribution in [1.82, 2.24) is 10.2 Å². The lowest BCUT2D eigenvalue weighted by molar-refractivity contribution is -0.130. The Balaban J connectivity index is 1.58. The van der Waals surface area contributed by atoms with Crippen LogP contribution in [-0.4, -0.2) is 37.0 Å². The van der Waals surface area contributed by atoms with E-state index >= 15 is 0 Å². The average molecular weight is 387 g/mol. The van der Waals surface area contributed by atoms with Gasteiger partial charge in [0.2, 0.25) is 5.91 Å². The number of benzene rings is 2. The molecule has 0 unspecified atom stereocenters. The SMILES string of the molecule is CC(C)CNCC(=O)N1CCC(=C2c3ccccc3C=Cc3ccccc32)CC1. The largest absolute Gasteiger partial charge is 0.341 e. The Morgan fingerprint density at radius 1 is 0.931 bits per heavy atom. The van der Waals surface area contributed by atoms with Crippen LogP contribution in [0.5, 0.6) is 0 Å². The van der Waals surface area contributed by atoms with Gasteiger partial charge in [-0.25, -0.2) is 0 Å². The van der Waals surface area contributed by atoms with E-state index in [0.717, 1.165) is 32.5 Å². The molecular formula is C26H30N2O. The molecule has 3 nitrogen and oxygen atoms in total. The van der Waals surface area contributed by atoms with Crippen molar-refractivity contribution in [2.75, 3.05) is 26.2 Å². The molecule has 0 saturated carbocycles. The number of carbonyl (C=O) groups excluding carboxylic acids is 1. The van der Waals surface area contributed by atoms with Crippen molar-refractivity contribution in [2.45, 2.75) is 26.7 Å². The van der Waals surface area contributed by atoms with Gasteiger partial charge < -0.3 is 10.2 Å². The van der Waals surface area contributed by atoms with Crippen LogP contribution in [0.15, 0.2) is 54.1 Å². The lowest BCUT2D eigenvalue weighted by atomic mass is 9.86. The number of hydrogen-bond donors (Lipinski definition) is 1. The minimum Gasteiger partial charge on any atom is -0.341 e. The van der Waals surface area contributed by atoms with Crippen LogP contribution in [0.2, 0.25) is 0 Å². The van der Waals surface area contributed by atoms with E-state index in [-0.39, 0.29) is 5.91 Å². The van der Waals surface area contributed by atoms with Gasteiger partial charge in [0.25, 0.3) is 0 Å². The monoisotopic (exact) mass is 386 g/mol. The number of nitrogens with one attached hydrogen (secondary N) is 1. The number of carbonyl (C=O) groups is 1. The van der Waals surface area contributed by atoms with E-state index in [1.165, 1.54) is 33.4 Å². The first kappa shape index (κ1) is 19.7. The third-order valence-corrected chi connectivity index (χ3v) is 5.80. The molecule has 1 saturated heterocycles. The number of rotatable bonds is 4. The summed E-state index contributed by atoms with van der Waals surface area (Å²) < 4.78 is 0. The highest BCUT2D eigenvalue weighted by molar-refractivity contribution is 5.95. The van der Waals surface area contributed by atoms with E-state index in [1.807, 2.05) is 4.90 Å². The van der Waals surface area contributed by atoms with Gasteiger partial charge in [-0.15, -0.1) is 0 Å². The standard InChI is InChI=1S/C26H30N2O/c1-19(2)17-27-18-25(29)28-15-13-22(14-16-28)26-23-9-5-3-7-20(23)11-12-21-8-4-6-10-24(21)26/h3-12,19,27H,13-18H2,1-2H3. The molecule has 0 atom stereocenters. The molecule has 1 heterocycles. The highest BCUT2D eigenvalue weighted by Gasteiger charge is 2.24. The Hall–Kier alpha value is -2.65. The summed E-state index contributed by atoms with van der Waals surface area (Å²) in [6, 6.07) is 17.3. The number of fused-ring (bicyclic) bond motifs is 2. The van der Waals surface area contributed by atoms with E-state index < -0.39 is 0 Å². The molecule has 150 valence electrons. The predicted octanol–water partition coefficient (Wildman–Crippen LogP) is 4.84. The molecule has 1 N–H and O–H groups in total. The topological polar surface area (TPSA) is 32.3 Å². The second-order valence-electron chi connectivity index (χ2n) is 8.39. The van der Waals surface area contributed by atoms with Crippen LogP contribution >= 0.6 is 0 Å². The fourth-order valence-electron chi connectivity index (χ4n) is 4.30. The molecule has 2 aromatic carbocycles. The van der Waals surface area contributed by atoms with Crippen LogP contribution < -0.4 is 5.32 Å². The summed E-state index contributed by atoms with van der Waals surface area (Å²) in [4.78, 5) is 14.6. The second-order valence-corrected chi connectivity index (χ2v) is 8.39. The predicted molar refractivity (Wildman–Crippen MR) is 121 cm³/mol. The van der Waals surface area contributed by atoms with Crippen molar-refractivity contribution in [3.8, 4) is 0 Å². The molecule has 1 fully saturated rings. The van der Waals surface area contributed by atoms with E-state index in [0.29, 0.717) is 12.5 Å². The quantitative estimate of drug-likeness (QED) is 0.696. The average Bonchev–Trinajstić information content (AvgIpc) is 2.90. The first-order valence-electron chi connectivity index (χ1n) is 10.7. The summed E-state index contributed by atoms with van der Waals surface area (Å²) in [7, 11) is 0. The van der Waals surface area contributed by atoms with Crippen LogP contribution in [0, 0.1) is 5.92 Å². The molecule has 0 spiro atoms. The van der Waals surface area contributed by atoms with Crippen LogP contribution in [0.1, 0.15) is 48.9 Å². The highest BCUT2D eigenvalue weighted by atomic mass is 16.2. The number of piperidine rings is 1. The fraction of sp³-hybridized carbons (Fsp3) is 0.346. The number of amides is 1. The molecule has 3 heteroatoms. The van der Waals surface area contributed by atoms with Crippen LogP contribution in [0.3, 0.4) is 0 Å². The van der Waals surface area contributed by atoms with E-state index in [9.17, 15) is 4.79 Å².